The minimum absolute atomic E-state index is 0.0339. The van der Waals surface area contributed by atoms with E-state index in [0.29, 0.717) is 17.0 Å². The smallest absolute Gasteiger partial charge is 0.126 e. The van der Waals surface area contributed by atoms with Crippen LogP contribution in [0.2, 0.25) is 5.02 Å². The van der Waals surface area contributed by atoms with Gasteiger partial charge in [-0.3, -0.25) is 4.68 Å². The maximum Gasteiger partial charge on any atom is 0.126 e. The number of hydrogen-bond acceptors (Lipinski definition) is 2. The number of nitrogens with one attached hydrogen (secondary N) is 1. The monoisotopic (exact) mass is 309 g/mol. The molecule has 5 heteroatoms. The summed E-state index contributed by atoms with van der Waals surface area (Å²) in [6, 6.07) is 4.73. The highest BCUT2D eigenvalue weighted by Gasteiger charge is 2.19. The highest BCUT2D eigenvalue weighted by Crippen LogP contribution is 2.25. The zero-order valence-corrected chi connectivity index (χ0v) is 13.4. The molecule has 1 unspecified atom stereocenters. The molecule has 21 heavy (non-hydrogen) atoms. The lowest BCUT2D eigenvalue weighted by Gasteiger charge is -2.18. The van der Waals surface area contributed by atoms with Gasteiger partial charge in [0.2, 0.25) is 0 Å². The molecule has 0 aliphatic rings. The Morgan fingerprint density at radius 2 is 2.14 bits per heavy atom. The van der Waals surface area contributed by atoms with Gasteiger partial charge in [-0.05, 0) is 43.1 Å². The van der Waals surface area contributed by atoms with Gasteiger partial charge in [0.25, 0.3) is 0 Å². The molecule has 2 aromatic rings. The fraction of sp³-hybridized carbons (Fsp3) is 0.438. The van der Waals surface area contributed by atoms with Crippen LogP contribution in [0, 0.1) is 5.82 Å². The minimum atomic E-state index is -0.218. The Balaban J connectivity index is 2.32. The number of likely N-dealkylation sites (N-methyl/N-ethyl adjacent to an activating group) is 1. The van der Waals surface area contributed by atoms with Crippen molar-refractivity contribution in [3.8, 4) is 0 Å². The molecule has 0 radical (unpaired) electrons. The first-order chi connectivity index (χ1) is 10.0. The molecule has 0 fully saturated rings. The third kappa shape index (κ3) is 3.83. The molecule has 0 spiro atoms. The van der Waals surface area contributed by atoms with Gasteiger partial charge in [-0.15, -0.1) is 0 Å². The molecule has 0 bridgehead atoms. The molecule has 1 aromatic heterocycles. The van der Waals surface area contributed by atoms with Crippen molar-refractivity contribution in [2.24, 2.45) is 7.05 Å². The van der Waals surface area contributed by atoms with Crippen molar-refractivity contribution in [3.63, 3.8) is 0 Å². The molecule has 1 heterocycles. The fourth-order valence-electron chi connectivity index (χ4n) is 2.58. The Morgan fingerprint density at radius 1 is 1.38 bits per heavy atom. The summed E-state index contributed by atoms with van der Waals surface area (Å²) in [5.41, 5.74) is 2.80. The molecule has 0 aliphatic carbocycles. The van der Waals surface area contributed by atoms with E-state index in [1.165, 1.54) is 6.07 Å². The summed E-state index contributed by atoms with van der Waals surface area (Å²) in [5.74, 6) is -0.218. The molecule has 0 amide bonds. The third-order valence-electron chi connectivity index (χ3n) is 3.53. The van der Waals surface area contributed by atoms with E-state index in [4.69, 9.17) is 11.6 Å². The lowest BCUT2D eigenvalue weighted by molar-refractivity contribution is 0.525. The molecule has 114 valence electrons. The van der Waals surface area contributed by atoms with Crippen molar-refractivity contribution in [1.29, 1.82) is 0 Å². The number of hydrogen-bond donors (Lipinski definition) is 1. The predicted molar refractivity (Wildman–Crippen MR) is 84.1 cm³/mol. The number of rotatable bonds is 6. The summed E-state index contributed by atoms with van der Waals surface area (Å²) in [7, 11) is 1.91. The number of benzene rings is 1. The number of aromatic nitrogens is 2. The summed E-state index contributed by atoms with van der Waals surface area (Å²) in [4.78, 5) is 0. The second-order valence-corrected chi connectivity index (χ2v) is 5.54. The molecular weight excluding hydrogens is 289 g/mol. The van der Waals surface area contributed by atoms with Crippen LogP contribution in [-0.2, 0) is 19.9 Å². The van der Waals surface area contributed by atoms with Gasteiger partial charge in [0.15, 0.2) is 0 Å². The van der Waals surface area contributed by atoms with Crippen LogP contribution >= 0.6 is 11.6 Å². The first-order valence-electron chi connectivity index (χ1n) is 7.24. The molecular formula is C16H21ClFN3. The average molecular weight is 310 g/mol. The van der Waals surface area contributed by atoms with Crippen molar-refractivity contribution in [2.75, 3.05) is 6.54 Å². The van der Waals surface area contributed by atoms with Gasteiger partial charge in [-0.2, -0.15) is 5.10 Å². The van der Waals surface area contributed by atoms with Crippen LogP contribution in [0.1, 0.15) is 36.7 Å². The third-order valence-corrected chi connectivity index (χ3v) is 3.77. The molecule has 0 aliphatic heterocycles. The molecule has 2 rings (SSSR count). The SMILES string of the molecule is CCNC(Cc1cc(Cl)ccc1F)c1cn(C)nc1CC. The van der Waals surface area contributed by atoms with Crippen molar-refractivity contribution < 1.29 is 4.39 Å². The van der Waals surface area contributed by atoms with Crippen LogP contribution in [0.4, 0.5) is 4.39 Å². The highest BCUT2D eigenvalue weighted by molar-refractivity contribution is 6.30. The van der Waals surface area contributed by atoms with Gasteiger partial charge in [-0.1, -0.05) is 25.4 Å². The molecule has 1 atom stereocenters. The largest absolute Gasteiger partial charge is 0.310 e. The molecule has 1 aromatic carbocycles. The zero-order chi connectivity index (χ0) is 15.4. The molecule has 0 saturated heterocycles. The van der Waals surface area contributed by atoms with Crippen LogP contribution in [-0.4, -0.2) is 16.3 Å². The van der Waals surface area contributed by atoms with E-state index in [9.17, 15) is 4.39 Å². The second-order valence-electron chi connectivity index (χ2n) is 5.11. The van der Waals surface area contributed by atoms with E-state index in [-0.39, 0.29) is 11.9 Å². The molecule has 3 nitrogen and oxygen atoms in total. The van der Waals surface area contributed by atoms with E-state index < -0.39 is 0 Å². The van der Waals surface area contributed by atoms with Gasteiger partial charge < -0.3 is 5.32 Å². The Morgan fingerprint density at radius 3 is 2.81 bits per heavy atom. The Labute approximate surface area is 130 Å². The van der Waals surface area contributed by atoms with Crippen molar-refractivity contribution >= 4 is 11.6 Å². The van der Waals surface area contributed by atoms with Crippen molar-refractivity contribution in [1.82, 2.24) is 15.1 Å². The number of halogens is 2. The van der Waals surface area contributed by atoms with Gasteiger partial charge in [0.1, 0.15) is 5.82 Å². The van der Waals surface area contributed by atoms with Crippen LogP contribution in [0.25, 0.3) is 0 Å². The maximum atomic E-state index is 14.0. The average Bonchev–Trinajstić information content (AvgIpc) is 2.83. The van der Waals surface area contributed by atoms with Crippen LogP contribution < -0.4 is 5.32 Å². The second kappa shape index (κ2) is 7.05. The molecule has 0 saturated carbocycles. The van der Waals surface area contributed by atoms with Crippen molar-refractivity contribution in [3.05, 3.63) is 52.1 Å². The quantitative estimate of drug-likeness (QED) is 0.882. The number of nitrogens with zero attached hydrogens (tertiary/aromatic N) is 2. The summed E-state index contributed by atoms with van der Waals surface area (Å²) < 4.78 is 15.8. The van der Waals surface area contributed by atoms with Gasteiger partial charge >= 0.3 is 0 Å². The standard InChI is InChI=1S/C16H21ClFN3/c1-4-15-13(10-21(3)20-15)16(19-5-2)9-11-8-12(17)6-7-14(11)18/h6-8,10,16,19H,4-5,9H2,1-3H3. The Hall–Kier alpha value is -1.39. The van der Waals surface area contributed by atoms with Crippen molar-refractivity contribution in [2.45, 2.75) is 32.7 Å². The predicted octanol–water partition coefficient (Wildman–Crippen LogP) is 3.67. The topological polar surface area (TPSA) is 29.9 Å². The molecule has 1 N–H and O–H groups in total. The Bertz CT molecular complexity index is 610. The Kier molecular flexibility index (Phi) is 5.37. The summed E-state index contributed by atoms with van der Waals surface area (Å²) in [5, 5.41) is 8.45. The first kappa shape index (κ1) is 16.0. The van der Waals surface area contributed by atoms with E-state index in [2.05, 4.69) is 17.3 Å². The maximum absolute atomic E-state index is 14.0. The van der Waals surface area contributed by atoms with E-state index in [1.807, 2.05) is 24.9 Å². The van der Waals surface area contributed by atoms with Gasteiger partial charge in [0.05, 0.1) is 5.69 Å². The fourth-order valence-corrected chi connectivity index (χ4v) is 2.77. The summed E-state index contributed by atoms with van der Waals surface area (Å²) in [6.45, 7) is 4.93. The van der Waals surface area contributed by atoms with Gasteiger partial charge in [0, 0.05) is 29.9 Å². The number of aryl methyl sites for hydroxylation is 2. The highest BCUT2D eigenvalue weighted by atomic mass is 35.5. The van der Waals surface area contributed by atoms with Crippen LogP contribution in [0.15, 0.2) is 24.4 Å². The zero-order valence-electron chi connectivity index (χ0n) is 12.7. The summed E-state index contributed by atoms with van der Waals surface area (Å²) >= 11 is 5.98. The minimum Gasteiger partial charge on any atom is -0.310 e. The normalized spacial score (nSPS) is 12.6. The lowest BCUT2D eigenvalue weighted by Crippen LogP contribution is -2.24. The van der Waals surface area contributed by atoms with E-state index in [1.54, 1.807) is 12.1 Å². The van der Waals surface area contributed by atoms with E-state index >= 15 is 0 Å². The van der Waals surface area contributed by atoms with E-state index in [0.717, 1.165) is 24.2 Å². The van der Waals surface area contributed by atoms with Gasteiger partial charge in [-0.25, -0.2) is 4.39 Å². The lowest BCUT2D eigenvalue weighted by atomic mass is 9.98. The van der Waals surface area contributed by atoms with Crippen LogP contribution in [0.5, 0.6) is 0 Å². The summed E-state index contributed by atoms with van der Waals surface area (Å²) in [6.07, 6.45) is 3.42. The first-order valence-corrected chi connectivity index (χ1v) is 7.62. The van der Waals surface area contributed by atoms with Crippen LogP contribution in [0.3, 0.4) is 0 Å².